The zero-order valence-electron chi connectivity index (χ0n) is 13.7. The molecule has 0 spiro atoms. The lowest BCUT2D eigenvalue weighted by Crippen LogP contribution is -2.24. The van der Waals surface area contributed by atoms with E-state index in [4.69, 9.17) is 11.1 Å². The molecule has 26 heavy (non-hydrogen) atoms. The Morgan fingerprint density at radius 3 is 3.00 bits per heavy atom. The maximum absolute atomic E-state index is 12.8. The number of allylic oxidation sites excluding steroid dienone is 1. The first-order valence-corrected chi connectivity index (χ1v) is 9.22. The van der Waals surface area contributed by atoms with Gasteiger partial charge < -0.3 is 15.7 Å². The fraction of sp³-hybridized carbons (Fsp3) is 0.200. The van der Waals surface area contributed by atoms with Gasteiger partial charge in [-0.25, -0.2) is 14.6 Å². The summed E-state index contributed by atoms with van der Waals surface area (Å²) >= 11 is 2.71. The Balaban J connectivity index is 1.80. The van der Waals surface area contributed by atoms with Crippen LogP contribution in [0.25, 0.3) is 21.3 Å². The molecule has 4 aromatic heterocycles. The third-order valence-electron chi connectivity index (χ3n) is 3.90. The fourth-order valence-electron chi connectivity index (χ4n) is 2.75. The summed E-state index contributed by atoms with van der Waals surface area (Å²) in [5.41, 5.74) is 6.79. The second-order valence-electron chi connectivity index (χ2n) is 5.59. The lowest BCUT2D eigenvalue weighted by molar-refractivity contribution is 0.641. The van der Waals surface area contributed by atoms with Gasteiger partial charge in [-0.1, -0.05) is 0 Å². The van der Waals surface area contributed by atoms with Gasteiger partial charge in [-0.2, -0.15) is 9.47 Å². The van der Waals surface area contributed by atoms with E-state index in [1.54, 1.807) is 10.8 Å². The molecule has 0 bridgehead atoms. The van der Waals surface area contributed by atoms with Crippen molar-refractivity contribution in [3.8, 4) is 0 Å². The van der Waals surface area contributed by atoms with Crippen LogP contribution in [-0.4, -0.2) is 34.4 Å². The number of fused-ring (bicyclic) bond motifs is 3. The van der Waals surface area contributed by atoms with Crippen LogP contribution in [0, 0.1) is 5.41 Å². The summed E-state index contributed by atoms with van der Waals surface area (Å²) in [5, 5.41) is 14.4. The Hall–Kier alpha value is -2.92. The highest BCUT2D eigenvalue weighted by Crippen LogP contribution is 2.31. The van der Waals surface area contributed by atoms with E-state index in [1.165, 1.54) is 46.2 Å². The second-order valence-corrected chi connectivity index (χ2v) is 7.53. The molecular weight excluding hydrogens is 372 g/mol. The maximum Gasteiger partial charge on any atom is 0.291 e. The Labute approximate surface area is 155 Å². The van der Waals surface area contributed by atoms with Crippen LogP contribution in [0.5, 0.6) is 0 Å². The summed E-state index contributed by atoms with van der Waals surface area (Å²) in [6, 6.07) is 0. The van der Waals surface area contributed by atoms with Gasteiger partial charge in [0.25, 0.3) is 5.56 Å². The van der Waals surface area contributed by atoms with Gasteiger partial charge in [0.15, 0.2) is 5.65 Å². The number of thiazole rings is 1. The third-order valence-corrected chi connectivity index (χ3v) is 5.62. The first-order valence-electron chi connectivity index (χ1n) is 7.63. The zero-order valence-corrected chi connectivity index (χ0v) is 15.3. The van der Waals surface area contributed by atoms with Gasteiger partial charge in [-0.05, 0) is 23.8 Å². The molecule has 0 fully saturated rings. The molecule has 0 aliphatic rings. The largest absolute Gasteiger partial charge is 0.405 e. The molecule has 0 aliphatic carbocycles. The predicted octanol–water partition coefficient (Wildman–Crippen LogP) is 1.28. The topological polar surface area (TPSA) is 128 Å². The summed E-state index contributed by atoms with van der Waals surface area (Å²) in [5.74, 6) is 0. The summed E-state index contributed by atoms with van der Waals surface area (Å²) in [4.78, 5) is 21.5. The van der Waals surface area contributed by atoms with Gasteiger partial charge in [0, 0.05) is 24.6 Å². The van der Waals surface area contributed by atoms with Gasteiger partial charge in [0.1, 0.15) is 21.9 Å². The van der Waals surface area contributed by atoms with Crippen LogP contribution < -0.4 is 11.3 Å². The Morgan fingerprint density at radius 2 is 2.27 bits per heavy atom. The zero-order chi connectivity index (χ0) is 18.3. The predicted molar refractivity (Wildman–Crippen MR) is 102 cm³/mol. The molecule has 4 rings (SSSR count). The van der Waals surface area contributed by atoms with E-state index in [9.17, 15) is 4.79 Å². The monoisotopic (exact) mass is 386 g/mol. The molecule has 0 atom stereocenters. The van der Waals surface area contributed by atoms with Crippen molar-refractivity contribution < 1.29 is 0 Å². The van der Waals surface area contributed by atoms with E-state index < -0.39 is 0 Å². The molecule has 132 valence electrons. The van der Waals surface area contributed by atoms with Crippen LogP contribution in [0.1, 0.15) is 10.0 Å². The van der Waals surface area contributed by atoms with Crippen molar-refractivity contribution in [1.82, 2.24) is 28.7 Å². The number of rotatable bonds is 5. The molecule has 4 heterocycles. The Bertz CT molecular complexity index is 1200. The highest BCUT2D eigenvalue weighted by Gasteiger charge is 2.18. The number of nitrogens with zero attached hydrogens (tertiary/aromatic N) is 6. The first-order chi connectivity index (χ1) is 12.6. The van der Waals surface area contributed by atoms with Crippen LogP contribution in [0.2, 0.25) is 0 Å². The van der Waals surface area contributed by atoms with Crippen LogP contribution in [0.3, 0.4) is 0 Å². The summed E-state index contributed by atoms with van der Waals surface area (Å²) in [6.45, 7) is 0.291. The van der Waals surface area contributed by atoms with Gasteiger partial charge in [-0.3, -0.25) is 4.79 Å². The van der Waals surface area contributed by atoms with E-state index >= 15 is 0 Å². The highest BCUT2D eigenvalue weighted by atomic mass is 32.1. The molecule has 4 aromatic rings. The van der Waals surface area contributed by atoms with Gasteiger partial charge >= 0.3 is 0 Å². The number of nitrogens with two attached hydrogens (primary N) is 1. The van der Waals surface area contributed by atoms with Crippen LogP contribution in [0.4, 0.5) is 0 Å². The van der Waals surface area contributed by atoms with Crippen molar-refractivity contribution in [2.75, 3.05) is 0 Å². The quantitative estimate of drug-likeness (QED) is 0.497. The molecular formula is C15H14N8OS2. The van der Waals surface area contributed by atoms with Crippen molar-refractivity contribution >= 4 is 49.8 Å². The average Bonchev–Trinajstić information content (AvgIpc) is 3.30. The molecule has 3 N–H and O–H groups in total. The van der Waals surface area contributed by atoms with Crippen molar-refractivity contribution in [3.05, 3.63) is 45.2 Å². The molecule has 0 radical (unpaired) electrons. The fourth-order valence-corrected chi connectivity index (χ4v) is 4.37. The van der Waals surface area contributed by atoms with E-state index in [1.807, 2.05) is 7.05 Å². The SMILES string of the molecule is Cn1c2nc(CC(=N)/C=C\N)sc2c2cnn(Cc3ncns3)c(=O)c21. The van der Waals surface area contributed by atoms with Crippen molar-refractivity contribution in [2.45, 2.75) is 13.0 Å². The lowest BCUT2D eigenvalue weighted by Gasteiger charge is -2.03. The van der Waals surface area contributed by atoms with Crippen LogP contribution >= 0.6 is 22.9 Å². The molecule has 0 saturated heterocycles. The highest BCUT2D eigenvalue weighted by molar-refractivity contribution is 7.19. The van der Waals surface area contributed by atoms with E-state index in [0.29, 0.717) is 24.2 Å². The molecule has 0 amide bonds. The minimum atomic E-state index is -0.189. The van der Waals surface area contributed by atoms with Gasteiger partial charge in [0.2, 0.25) is 0 Å². The molecule has 0 saturated carbocycles. The summed E-state index contributed by atoms with van der Waals surface area (Å²) in [6.07, 6.45) is 6.43. The van der Waals surface area contributed by atoms with Gasteiger partial charge in [-0.15, -0.1) is 11.3 Å². The maximum atomic E-state index is 12.8. The Kier molecular flexibility index (Phi) is 4.09. The number of hydrogen-bond acceptors (Lipinski definition) is 9. The molecule has 0 unspecified atom stereocenters. The third kappa shape index (κ3) is 2.70. The molecule has 0 aromatic carbocycles. The van der Waals surface area contributed by atoms with Crippen LogP contribution in [-0.2, 0) is 20.0 Å². The van der Waals surface area contributed by atoms with Crippen LogP contribution in [0.15, 0.2) is 29.6 Å². The van der Waals surface area contributed by atoms with Crippen molar-refractivity contribution in [3.63, 3.8) is 0 Å². The second kappa shape index (κ2) is 6.42. The smallest absolute Gasteiger partial charge is 0.291 e. The van der Waals surface area contributed by atoms with E-state index in [0.717, 1.165) is 25.7 Å². The number of nitrogens with one attached hydrogen (secondary N) is 1. The van der Waals surface area contributed by atoms with Crippen molar-refractivity contribution in [2.24, 2.45) is 12.8 Å². The minimum Gasteiger partial charge on any atom is -0.405 e. The summed E-state index contributed by atoms with van der Waals surface area (Å²) < 4.78 is 8.01. The number of aryl methyl sites for hydroxylation is 1. The normalized spacial score (nSPS) is 11.9. The molecule has 11 heteroatoms. The molecule has 9 nitrogen and oxygen atoms in total. The van der Waals surface area contributed by atoms with E-state index in [2.05, 4.69) is 19.4 Å². The number of hydrogen-bond donors (Lipinski definition) is 2. The van der Waals surface area contributed by atoms with Crippen molar-refractivity contribution in [1.29, 1.82) is 5.41 Å². The molecule has 0 aliphatic heterocycles. The minimum absolute atomic E-state index is 0.189. The lowest BCUT2D eigenvalue weighted by atomic mass is 10.3. The van der Waals surface area contributed by atoms with Gasteiger partial charge in [0.05, 0.1) is 17.4 Å². The summed E-state index contributed by atoms with van der Waals surface area (Å²) in [7, 11) is 1.82. The van der Waals surface area contributed by atoms with E-state index in [-0.39, 0.29) is 5.56 Å². The Morgan fingerprint density at radius 1 is 1.42 bits per heavy atom. The standard InChI is InChI=1S/C15H14N8OS2/c1-22-12-9(5-19-23(15(12)24)6-11-18-7-20-26-11)13-14(22)21-10(25-13)4-8(17)2-3-16/h2-3,5,7,17H,4,6,16H2,1H3/b3-2-,17-8?. The average molecular weight is 386 g/mol. The number of aromatic nitrogens is 6. The first kappa shape index (κ1) is 16.5.